The van der Waals surface area contributed by atoms with Gasteiger partial charge in [-0.05, 0) is 30.3 Å². The maximum atomic E-state index is 11.9. The fourth-order valence-electron chi connectivity index (χ4n) is 1.67. The second-order valence-electron chi connectivity index (χ2n) is 4.26. The Kier molecular flexibility index (Phi) is 5.77. The number of nitrogens with one attached hydrogen (secondary N) is 1. The van der Waals surface area contributed by atoms with Gasteiger partial charge >= 0.3 is 0 Å². The van der Waals surface area contributed by atoms with E-state index in [4.69, 9.17) is 44.3 Å². The Morgan fingerprint density at radius 3 is 2.50 bits per heavy atom. The van der Waals surface area contributed by atoms with Crippen molar-refractivity contribution >= 4 is 46.4 Å². The van der Waals surface area contributed by atoms with Crippen LogP contribution in [0.15, 0.2) is 36.4 Å². The zero-order chi connectivity index (χ0) is 16.1. The maximum Gasteiger partial charge on any atom is 0.262 e. The van der Waals surface area contributed by atoms with Gasteiger partial charge in [0.25, 0.3) is 5.91 Å². The summed E-state index contributed by atoms with van der Waals surface area (Å²) < 4.78 is 10.4. The summed E-state index contributed by atoms with van der Waals surface area (Å²) in [6.07, 6.45) is 0. The monoisotopic (exact) mass is 359 g/mol. The van der Waals surface area contributed by atoms with E-state index < -0.39 is 0 Å². The highest BCUT2D eigenvalue weighted by atomic mass is 35.5. The minimum Gasteiger partial charge on any atom is -0.495 e. The van der Waals surface area contributed by atoms with Gasteiger partial charge in [0.15, 0.2) is 6.61 Å². The molecular formula is C15H12Cl3NO3. The highest BCUT2D eigenvalue weighted by molar-refractivity contribution is 6.34. The van der Waals surface area contributed by atoms with E-state index in [9.17, 15) is 4.79 Å². The quantitative estimate of drug-likeness (QED) is 0.842. The van der Waals surface area contributed by atoms with E-state index in [1.165, 1.54) is 7.11 Å². The number of amides is 1. The number of ether oxygens (including phenoxy) is 2. The van der Waals surface area contributed by atoms with Crippen molar-refractivity contribution in [2.24, 2.45) is 0 Å². The van der Waals surface area contributed by atoms with Crippen LogP contribution in [0.3, 0.4) is 0 Å². The van der Waals surface area contributed by atoms with Gasteiger partial charge in [-0.25, -0.2) is 0 Å². The minimum absolute atomic E-state index is 0.205. The zero-order valence-corrected chi connectivity index (χ0v) is 13.8. The number of carbonyl (C=O) groups excluding carboxylic acids is 1. The molecule has 1 N–H and O–H groups in total. The molecule has 0 aliphatic carbocycles. The minimum atomic E-state index is -0.350. The lowest BCUT2D eigenvalue weighted by atomic mass is 10.3. The van der Waals surface area contributed by atoms with Crippen LogP contribution in [0.1, 0.15) is 0 Å². The van der Waals surface area contributed by atoms with Gasteiger partial charge in [-0.15, -0.1) is 0 Å². The van der Waals surface area contributed by atoms with Crippen LogP contribution in [0.25, 0.3) is 0 Å². The third-order valence-corrected chi connectivity index (χ3v) is 3.53. The molecule has 22 heavy (non-hydrogen) atoms. The van der Waals surface area contributed by atoms with E-state index in [-0.39, 0.29) is 12.5 Å². The number of halogens is 3. The lowest BCUT2D eigenvalue weighted by molar-refractivity contribution is -0.118. The molecule has 2 rings (SSSR count). The first-order valence-electron chi connectivity index (χ1n) is 6.21. The van der Waals surface area contributed by atoms with Gasteiger partial charge in [0.1, 0.15) is 11.5 Å². The normalized spacial score (nSPS) is 10.2. The highest BCUT2D eigenvalue weighted by Crippen LogP contribution is 2.28. The maximum absolute atomic E-state index is 11.9. The molecule has 0 fully saturated rings. The zero-order valence-electron chi connectivity index (χ0n) is 11.5. The van der Waals surface area contributed by atoms with Crippen molar-refractivity contribution in [2.45, 2.75) is 0 Å². The second kappa shape index (κ2) is 7.58. The van der Waals surface area contributed by atoms with Crippen molar-refractivity contribution in [3.8, 4) is 11.5 Å². The van der Waals surface area contributed by atoms with Crippen molar-refractivity contribution < 1.29 is 14.3 Å². The van der Waals surface area contributed by atoms with Crippen LogP contribution in [-0.4, -0.2) is 19.6 Å². The second-order valence-corrected chi connectivity index (χ2v) is 5.51. The molecule has 0 saturated carbocycles. The van der Waals surface area contributed by atoms with Gasteiger partial charge in [-0.2, -0.15) is 0 Å². The largest absolute Gasteiger partial charge is 0.495 e. The Morgan fingerprint density at radius 1 is 1.05 bits per heavy atom. The third-order valence-electron chi connectivity index (χ3n) is 2.69. The summed E-state index contributed by atoms with van der Waals surface area (Å²) in [5.74, 6) is 0.524. The van der Waals surface area contributed by atoms with Crippen LogP contribution in [-0.2, 0) is 4.79 Å². The van der Waals surface area contributed by atoms with Gasteiger partial charge in [-0.1, -0.05) is 34.8 Å². The summed E-state index contributed by atoms with van der Waals surface area (Å²) in [5.41, 5.74) is 0.539. The highest BCUT2D eigenvalue weighted by Gasteiger charge is 2.08. The van der Waals surface area contributed by atoms with Gasteiger partial charge in [0, 0.05) is 16.8 Å². The third kappa shape index (κ3) is 4.44. The van der Waals surface area contributed by atoms with E-state index in [2.05, 4.69) is 5.32 Å². The Balaban J connectivity index is 1.95. The smallest absolute Gasteiger partial charge is 0.262 e. The number of hydrogen-bond donors (Lipinski definition) is 1. The van der Waals surface area contributed by atoms with Crippen molar-refractivity contribution in [1.29, 1.82) is 0 Å². The van der Waals surface area contributed by atoms with Gasteiger partial charge < -0.3 is 14.8 Å². The molecule has 0 aliphatic heterocycles. The molecule has 0 unspecified atom stereocenters. The van der Waals surface area contributed by atoms with Crippen LogP contribution >= 0.6 is 34.8 Å². The van der Waals surface area contributed by atoms with Gasteiger partial charge in [0.2, 0.25) is 0 Å². The first-order valence-corrected chi connectivity index (χ1v) is 7.34. The topological polar surface area (TPSA) is 47.6 Å². The van der Waals surface area contributed by atoms with E-state index in [1.54, 1.807) is 36.4 Å². The molecule has 4 nitrogen and oxygen atoms in total. The number of methoxy groups -OCH3 is 1. The predicted molar refractivity (Wildman–Crippen MR) is 88.6 cm³/mol. The number of hydrogen-bond acceptors (Lipinski definition) is 3. The number of rotatable bonds is 5. The summed E-state index contributed by atoms with van der Waals surface area (Å²) in [7, 11) is 1.52. The summed E-state index contributed by atoms with van der Waals surface area (Å²) in [6, 6.07) is 9.70. The molecule has 2 aromatic carbocycles. The Hall–Kier alpha value is -1.62. The van der Waals surface area contributed by atoms with E-state index in [0.717, 1.165) is 0 Å². The Labute approximate surface area is 142 Å². The van der Waals surface area contributed by atoms with E-state index >= 15 is 0 Å². The van der Waals surface area contributed by atoms with Crippen LogP contribution < -0.4 is 14.8 Å². The van der Waals surface area contributed by atoms with Crippen LogP contribution in [0.5, 0.6) is 11.5 Å². The van der Waals surface area contributed by atoms with E-state index in [0.29, 0.717) is 32.3 Å². The Morgan fingerprint density at radius 2 is 1.82 bits per heavy atom. The molecule has 0 aromatic heterocycles. The van der Waals surface area contributed by atoms with Gasteiger partial charge in [-0.3, -0.25) is 4.79 Å². The van der Waals surface area contributed by atoms with Crippen molar-refractivity contribution in [1.82, 2.24) is 0 Å². The number of anilines is 1. The van der Waals surface area contributed by atoms with Gasteiger partial charge in [0.05, 0.1) is 17.2 Å². The standard InChI is InChI=1S/C15H12Cl3NO3/c1-21-13-5-3-10(7-12(13)18)19-15(20)8-22-14-6-9(16)2-4-11(14)17/h2-7H,8H2,1H3,(H,19,20). The summed E-state index contributed by atoms with van der Waals surface area (Å²) in [5, 5.41) is 3.91. The molecule has 0 atom stereocenters. The fraction of sp³-hybridized carbons (Fsp3) is 0.133. The van der Waals surface area contributed by atoms with Crippen LogP contribution in [0.4, 0.5) is 5.69 Å². The van der Waals surface area contributed by atoms with Crippen LogP contribution in [0, 0.1) is 0 Å². The van der Waals surface area contributed by atoms with E-state index in [1.807, 2.05) is 0 Å². The summed E-state index contributed by atoms with van der Waals surface area (Å²) in [4.78, 5) is 11.9. The molecule has 1 amide bonds. The fourth-order valence-corrected chi connectivity index (χ4v) is 2.26. The Bertz CT molecular complexity index is 692. The molecule has 0 aliphatic rings. The molecule has 116 valence electrons. The molecule has 2 aromatic rings. The lowest BCUT2D eigenvalue weighted by Crippen LogP contribution is -2.20. The number of carbonyl (C=O) groups is 1. The van der Waals surface area contributed by atoms with Crippen molar-refractivity contribution in [3.05, 3.63) is 51.5 Å². The first kappa shape index (κ1) is 16.7. The molecule has 0 saturated heterocycles. The summed E-state index contributed by atoms with van der Waals surface area (Å²) in [6.45, 7) is -0.205. The molecule has 0 heterocycles. The average molecular weight is 361 g/mol. The van der Waals surface area contributed by atoms with Crippen LogP contribution in [0.2, 0.25) is 15.1 Å². The first-order chi connectivity index (χ1) is 10.5. The molecule has 0 radical (unpaired) electrons. The SMILES string of the molecule is COc1ccc(NC(=O)COc2cc(Cl)ccc2Cl)cc1Cl. The lowest BCUT2D eigenvalue weighted by Gasteiger charge is -2.10. The number of benzene rings is 2. The van der Waals surface area contributed by atoms with Crippen molar-refractivity contribution in [2.75, 3.05) is 19.0 Å². The summed E-state index contributed by atoms with van der Waals surface area (Å²) >= 11 is 17.8. The molecule has 7 heteroatoms. The molecule has 0 spiro atoms. The average Bonchev–Trinajstić information content (AvgIpc) is 2.48. The molecular weight excluding hydrogens is 349 g/mol. The molecule has 0 bridgehead atoms. The van der Waals surface area contributed by atoms with Crippen molar-refractivity contribution in [3.63, 3.8) is 0 Å². The predicted octanol–water partition coefficient (Wildman–Crippen LogP) is 4.67.